The van der Waals surface area contributed by atoms with Gasteiger partial charge in [-0.3, -0.25) is 9.59 Å². The van der Waals surface area contributed by atoms with Gasteiger partial charge in [0.15, 0.2) is 11.5 Å². The van der Waals surface area contributed by atoms with Crippen LogP contribution in [0.4, 0.5) is 5.69 Å². The normalized spacial score (nSPS) is 13.6. The van der Waals surface area contributed by atoms with Crippen LogP contribution >= 0.6 is 11.3 Å². The zero-order chi connectivity index (χ0) is 18.3. The van der Waals surface area contributed by atoms with Crippen molar-refractivity contribution in [3.8, 4) is 22.8 Å². The van der Waals surface area contributed by atoms with E-state index >= 15 is 0 Å². The van der Waals surface area contributed by atoms with Gasteiger partial charge in [0.25, 0.3) is 5.91 Å². The number of hydrogen-bond acceptors (Lipinski definition) is 6. The summed E-state index contributed by atoms with van der Waals surface area (Å²) >= 11 is 1.26. The van der Waals surface area contributed by atoms with Crippen molar-refractivity contribution in [1.82, 2.24) is 10.3 Å². The largest absolute Gasteiger partial charge is 0.493 e. The number of amides is 2. The Balaban J connectivity index is 1.82. The molecule has 132 valence electrons. The number of benzene rings is 1. The number of nitrogens with zero attached hydrogens (tertiary/aromatic N) is 1. The standard InChI is InChI=1S/C18H15N3O4S/c1-24-12-6-3-9(7-13(12)25-2)11-5-4-10-15-16(26-18(10)20-11)17(23)19-8-14(22)21-15/h3-7H,8H2,1-2H3,(H,19,23)(H,21,22). The van der Waals surface area contributed by atoms with E-state index < -0.39 is 0 Å². The van der Waals surface area contributed by atoms with Gasteiger partial charge in [-0.1, -0.05) is 0 Å². The van der Waals surface area contributed by atoms with Gasteiger partial charge in [-0.25, -0.2) is 4.98 Å². The van der Waals surface area contributed by atoms with Crippen LogP contribution in [-0.4, -0.2) is 37.6 Å². The number of fused-ring (bicyclic) bond motifs is 3. The molecule has 0 saturated heterocycles. The topological polar surface area (TPSA) is 89.5 Å². The second kappa shape index (κ2) is 6.30. The highest BCUT2D eigenvalue weighted by molar-refractivity contribution is 7.21. The smallest absolute Gasteiger partial charge is 0.264 e. The third-order valence-corrected chi connectivity index (χ3v) is 5.21. The quantitative estimate of drug-likeness (QED) is 0.741. The molecular weight excluding hydrogens is 354 g/mol. The Morgan fingerprint density at radius 2 is 1.88 bits per heavy atom. The minimum atomic E-state index is -0.269. The molecule has 8 heteroatoms. The second-order valence-corrected chi connectivity index (χ2v) is 6.66. The maximum Gasteiger partial charge on any atom is 0.264 e. The van der Waals surface area contributed by atoms with E-state index in [1.165, 1.54) is 11.3 Å². The monoisotopic (exact) mass is 369 g/mol. The lowest BCUT2D eigenvalue weighted by molar-refractivity contribution is -0.115. The molecule has 0 saturated carbocycles. The van der Waals surface area contributed by atoms with Gasteiger partial charge < -0.3 is 20.1 Å². The maximum atomic E-state index is 12.2. The molecule has 2 amide bonds. The average Bonchev–Trinajstić information content (AvgIpc) is 2.96. The van der Waals surface area contributed by atoms with Gasteiger partial charge in [-0.2, -0.15) is 0 Å². The maximum absolute atomic E-state index is 12.2. The number of methoxy groups -OCH3 is 2. The van der Waals surface area contributed by atoms with Crippen LogP contribution in [0.1, 0.15) is 9.67 Å². The first kappa shape index (κ1) is 16.3. The number of anilines is 1. The van der Waals surface area contributed by atoms with E-state index in [2.05, 4.69) is 15.6 Å². The minimum Gasteiger partial charge on any atom is -0.493 e. The average molecular weight is 369 g/mol. The fraction of sp³-hybridized carbons (Fsp3) is 0.167. The molecule has 0 radical (unpaired) electrons. The molecule has 0 atom stereocenters. The summed E-state index contributed by atoms with van der Waals surface area (Å²) in [7, 11) is 3.16. The zero-order valence-corrected chi connectivity index (χ0v) is 14.9. The lowest BCUT2D eigenvalue weighted by Crippen LogP contribution is -2.28. The zero-order valence-electron chi connectivity index (χ0n) is 14.1. The first-order valence-electron chi connectivity index (χ1n) is 7.84. The van der Waals surface area contributed by atoms with Crippen LogP contribution in [0.3, 0.4) is 0 Å². The van der Waals surface area contributed by atoms with Crippen LogP contribution in [-0.2, 0) is 4.79 Å². The molecule has 0 unspecified atom stereocenters. The molecule has 2 N–H and O–H groups in total. The third-order valence-electron chi connectivity index (χ3n) is 4.11. The summed E-state index contributed by atoms with van der Waals surface area (Å²) in [5.41, 5.74) is 2.12. The third kappa shape index (κ3) is 2.64. The summed E-state index contributed by atoms with van der Waals surface area (Å²) in [5.74, 6) is 0.731. The molecule has 0 bridgehead atoms. The van der Waals surface area contributed by atoms with Gasteiger partial charge >= 0.3 is 0 Å². The predicted octanol–water partition coefficient (Wildman–Crippen LogP) is 2.66. The van der Waals surface area contributed by atoms with E-state index in [0.29, 0.717) is 26.9 Å². The Morgan fingerprint density at radius 3 is 2.65 bits per heavy atom. The lowest BCUT2D eigenvalue weighted by Gasteiger charge is -2.09. The Bertz CT molecular complexity index is 1040. The number of pyridine rings is 1. The summed E-state index contributed by atoms with van der Waals surface area (Å²) in [6.07, 6.45) is 0. The molecule has 1 aromatic carbocycles. The minimum absolute atomic E-state index is 0.0289. The molecule has 3 heterocycles. The Kier molecular flexibility index (Phi) is 3.96. The number of carbonyl (C=O) groups excluding carboxylic acids is 2. The lowest BCUT2D eigenvalue weighted by atomic mass is 10.1. The molecule has 1 aliphatic heterocycles. The predicted molar refractivity (Wildman–Crippen MR) is 99.1 cm³/mol. The van der Waals surface area contributed by atoms with Gasteiger partial charge in [-0.15, -0.1) is 11.3 Å². The molecule has 0 fully saturated rings. The summed E-state index contributed by atoms with van der Waals surface area (Å²) < 4.78 is 10.6. The van der Waals surface area contributed by atoms with Gasteiger partial charge in [-0.05, 0) is 30.3 Å². The van der Waals surface area contributed by atoms with Crippen molar-refractivity contribution >= 4 is 39.1 Å². The van der Waals surface area contributed by atoms with Crippen LogP contribution in [0.25, 0.3) is 21.5 Å². The van der Waals surface area contributed by atoms with Crippen LogP contribution in [0, 0.1) is 0 Å². The van der Waals surface area contributed by atoms with Crippen molar-refractivity contribution in [2.45, 2.75) is 0 Å². The van der Waals surface area contributed by atoms with Crippen molar-refractivity contribution in [2.75, 3.05) is 26.1 Å². The number of carbonyl (C=O) groups is 2. The first-order valence-corrected chi connectivity index (χ1v) is 8.66. The fourth-order valence-electron chi connectivity index (χ4n) is 2.84. The molecule has 3 aromatic rings. The molecule has 1 aliphatic rings. The van der Waals surface area contributed by atoms with Crippen LogP contribution in [0.15, 0.2) is 30.3 Å². The highest BCUT2D eigenvalue weighted by Gasteiger charge is 2.24. The number of hydrogen-bond donors (Lipinski definition) is 2. The number of ether oxygens (including phenoxy) is 2. The molecule has 2 aromatic heterocycles. The van der Waals surface area contributed by atoms with Crippen molar-refractivity contribution in [1.29, 1.82) is 0 Å². The first-order chi connectivity index (χ1) is 12.6. The van der Waals surface area contributed by atoms with E-state index in [0.717, 1.165) is 16.6 Å². The van der Waals surface area contributed by atoms with Gasteiger partial charge in [0.2, 0.25) is 5.91 Å². The Hall–Kier alpha value is -3.13. The second-order valence-electron chi connectivity index (χ2n) is 5.66. The number of thiophene rings is 1. The van der Waals surface area contributed by atoms with Crippen LogP contribution in [0.2, 0.25) is 0 Å². The van der Waals surface area contributed by atoms with Crippen molar-refractivity contribution in [3.05, 3.63) is 35.2 Å². The molecule has 0 spiro atoms. The Morgan fingerprint density at radius 1 is 1.08 bits per heavy atom. The summed E-state index contributed by atoms with van der Waals surface area (Å²) in [5, 5.41) is 6.12. The van der Waals surface area contributed by atoms with Gasteiger partial charge in [0, 0.05) is 10.9 Å². The molecular formula is C18H15N3O4S. The van der Waals surface area contributed by atoms with Gasteiger partial charge in [0.05, 0.1) is 32.1 Å². The molecule has 7 nitrogen and oxygen atoms in total. The van der Waals surface area contributed by atoms with Crippen molar-refractivity contribution in [2.24, 2.45) is 0 Å². The molecule has 26 heavy (non-hydrogen) atoms. The van der Waals surface area contributed by atoms with E-state index in [1.54, 1.807) is 14.2 Å². The molecule has 0 aliphatic carbocycles. The number of aromatic nitrogens is 1. The van der Waals surface area contributed by atoms with Crippen LogP contribution < -0.4 is 20.1 Å². The fourth-order valence-corrected chi connectivity index (χ4v) is 3.89. The highest BCUT2D eigenvalue weighted by Crippen LogP contribution is 2.38. The summed E-state index contributed by atoms with van der Waals surface area (Å²) in [6, 6.07) is 9.27. The van der Waals surface area contributed by atoms with Gasteiger partial charge in [0.1, 0.15) is 9.71 Å². The molecule has 4 rings (SSSR count). The SMILES string of the molecule is COc1ccc(-c2ccc3c4c(sc3n2)C(=O)NCC(=O)N4)cc1OC. The van der Waals surface area contributed by atoms with E-state index in [1.807, 2.05) is 30.3 Å². The van der Waals surface area contributed by atoms with Crippen molar-refractivity contribution in [3.63, 3.8) is 0 Å². The number of rotatable bonds is 3. The van der Waals surface area contributed by atoms with E-state index in [9.17, 15) is 9.59 Å². The number of nitrogens with one attached hydrogen (secondary N) is 2. The summed E-state index contributed by atoms with van der Waals surface area (Å²) in [4.78, 5) is 29.8. The highest BCUT2D eigenvalue weighted by atomic mass is 32.1. The Labute approximate surface area is 152 Å². The van der Waals surface area contributed by atoms with E-state index in [4.69, 9.17) is 9.47 Å². The van der Waals surface area contributed by atoms with Crippen molar-refractivity contribution < 1.29 is 19.1 Å². The summed E-state index contributed by atoms with van der Waals surface area (Å²) in [6.45, 7) is -0.0289. The van der Waals surface area contributed by atoms with E-state index in [-0.39, 0.29) is 18.4 Å². The van der Waals surface area contributed by atoms with Crippen LogP contribution in [0.5, 0.6) is 11.5 Å².